The van der Waals surface area contributed by atoms with Crippen LogP contribution in [0.2, 0.25) is 0 Å². The fourth-order valence-electron chi connectivity index (χ4n) is 7.10. The smallest absolute Gasteiger partial charge is 0.329 e. The molecule has 3 amide bonds. The molecule has 1 aliphatic carbocycles. The average molecular weight is 609 g/mol. The number of pyridine rings is 1. The molecule has 1 aromatic carbocycles. The van der Waals surface area contributed by atoms with Gasteiger partial charge >= 0.3 is 7.60 Å². The predicted molar refractivity (Wildman–Crippen MR) is 157 cm³/mol. The summed E-state index contributed by atoms with van der Waals surface area (Å²) in [5.74, 6) is 0.684. The lowest BCUT2D eigenvalue weighted by atomic mass is 9.92. The van der Waals surface area contributed by atoms with Gasteiger partial charge in [0.25, 0.3) is 5.91 Å². The number of fused-ring (bicyclic) bond motifs is 3. The van der Waals surface area contributed by atoms with Crippen LogP contribution in [-0.4, -0.2) is 73.5 Å². The summed E-state index contributed by atoms with van der Waals surface area (Å²) in [6, 6.07) is 9.59. The van der Waals surface area contributed by atoms with E-state index in [1.807, 2.05) is 23.2 Å². The van der Waals surface area contributed by atoms with Gasteiger partial charge in [-0.1, -0.05) is 12.1 Å². The molecule has 5 atom stereocenters. The van der Waals surface area contributed by atoms with E-state index in [2.05, 4.69) is 10.3 Å². The summed E-state index contributed by atoms with van der Waals surface area (Å²) in [4.78, 5) is 68.1. The number of likely N-dealkylation sites (tertiary alicyclic amines) is 1. The third-order valence-electron chi connectivity index (χ3n) is 9.37. The molecule has 4 fully saturated rings. The van der Waals surface area contributed by atoms with Crippen LogP contribution in [0.1, 0.15) is 58.8 Å². The van der Waals surface area contributed by atoms with Crippen LogP contribution in [0, 0.1) is 11.8 Å². The summed E-state index contributed by atoms with van der Waals surface area (Å²) in [7, 11) is -4.21. The van der Waals surface area contributed by atoms with Crippen molar-refractivity contribution in [3.8, 4) is 0 Å². The SMILES string of the molecule is O=C(N[C@H]1C[C@H]2C[C@H]2C[C@H]2CC[C@@H](C(=O)N3CC(c4cccnc4)C3)N2C1=O)c1cc2cc(CP(=O)(O)O)ccc2s1. The van der Waals surface area contributed by atoms with Crippen LogP contribution < -0.4 is 5.32 Å². The topological polar surface area (TPSA) is 140 Å². The Hall–Kier alpha value is -3.11. The van der Waals surface area contributed by atoms with E-state index in [4.69, 9.17) is 0 Å². The number of nitrogens with zero attached hydrogens (tertiary/aromatic N) is 3. The Bertz CT molecular complexity index is 1600. The van der Waals surface area contributed by atoms with Crippen LogP contribution in [0.25, 0.3) is 10.1 Å². The number of hydrogen-bond acceptors (Lipinski definition) is 6. The molecule has 0 bridgehead atoms. The minimum absolute atomic E-state index is 0.000367. The van der Waals surface area contributed by atoms with Crippen molar-refractivity contribution in [3.63, 3.8) is 0 Å². The third-order valence-corrected chi connectivity index (χ3v) is 11.3. The number of thiophene rings is 1. The monoisotopic (exact) mass is 608 g/mol. The van der Waals surface area contributed by atoms with Crippen molar-refractivity contribution in [1.29, 1.82) is 0 Å². The summed E-state index contributed by atoms with van der Waals surface area (Å²) in [6.45, 7) is 1.25. The Labute approximate surface area is 247 Å². The quantitative estimate of drug-likeness (QED) is 0.364. The van der Waals surface area contributed by atoms with Gasteiger partial charge in [0, 0.05) is 42.1 Å². The molecule has 3 N–H and O–H groups in total. The highest BCUT2D eigenvalue weighted by Gasteiger charge is 2.52. The van der Waals surface area contributed by atoms with E-state index in [0.29, 0.717) is 48.2 Å². The Morgan fingerprint density at radius 3 is 2.64 bits per heavy atom. The lowest BCUT2D eigenvalue weighted by Gasteiger charge is -2.43. The molecule has 4 aliphatic rings. The fourth-order valence-corrected chi connectivity index (χ4v) is 8.72. The van der Waals surface area contributed by atoms with E-state index in [1.54, 1.807) is 35.4 Å². The first-order valence-electron chi connectivity index (χ1n) is 14.5. The molecule has 0 spiro atoms. The van der Waals surface area contributed by atoms with E-state index in [0.717, 1.165) is 34.9 Å². The van der Waals surface area contributed by atoms with Crippen molar-refractivity contribution in [2.75, 3.05) is 13.1 Å². The molecule has 10 nitrogen and oxygen atoms in total. The van der Waals surface area contributed by atoms with Crippen molar-refractivity contribution in [2.45, 2.75) is 62.3 Å². The van der Waals surface area contributed by atoms with Gasteiger partial charge in [0.15, 0.2) is 0 Å². The lowest BCUT2D eigenvalue weighted by molar-refractivity contribution is -0.149. The standard InChI is InChI=1S/C30H33N4O6PS/c35-28(27-12-21-8-17(16-41(38,39)40)3-6-26(21)42-27)32-24-11-20-9-19(20)10-23-4-5-25(34(23)29(24)36)30(37)33-14-22(15-33)18-2-1-7-31-13-18/h1-3,6-8,12-13,19-20,22-25H,4-5,9-11,14-16H2,(H,32,35)(H2,38,39,40)/t19-,20+,23+,24-,25-/m0/s1. The zero-order chi connectivity index (χ0) is 29.2. The first-order chi connectivity index (χ1) is 20.1. The lowest BCUT2D eigenvalue weighted by Crippen LogP contribution is -2.59. The molecule has 7 rings (SSSR count). The van der Waals surface area contributed by atoms with E-state index in [9.17, 15) is 28.7 Å². The molecular formula is C30H33N4O6PS. The number of amides is 3. The summed E-state index contributed by atoms with van der Waals surface area (Å²) >= 11 is 1.28. The summed E-state index contributed by atoms with van der Waals surface area (Å²) < 4.78 is 12.3. The largest absolute Gasteiger partial charge is 0.340 e. The number of carbonyl (C=O) groups excluding carboxylic acids is 3. The van der Waals surface area contributed by atoms with Gasteiger partial charge in [0.2, 0.25) is 11.8 Å². The zero-order valence-electron chi connectivity index (χ0n) is 23.0. The highest BCUT2D eigenvalue weighted by molar-refractivity contribution is 7.50. The van der Waals surface area contributed by atoms with Gasteiger partial charge < -0.3 is 24.9 Å². The van der Waals surface area contributed by atoms with Crippen LogP contribution >= 0.6 is 18.9 Å². The second-order valence-electron chi connectivity index (χ2n) is 12.3. The fraction of sp³-hybridized carbons (Fsp3) is 0.467. The first-order valence-corrected chi connectivity index (χ1v) is 17.1. The van der Waals surface area contributed by atoms with Crippen molar-refractivity contribution in [1.82, 2.24) is 20.1 Å². The maximum Gasteiger partial charge on any atom is 0.329 e. The van der Waals surface area contributed by atoms with E-state index < -0.39 is 19.7 Å². The summed E-state index contributed by atoms with van der Waals surface area (Å²) in [5.41, 5.74) is 1.62. The number of hydrogen-bond donors (Lipinski definition) is 3. The molecule has 2 aromatic heterocycles. The van der Waals surface area contributed by atoms with Crippen molar-refractivity contribution in [2.24, 2.45) is 11.8 Å². The normalized spacial score (nSPS) is 27.6. The van der Waals surface area contributed by atoms with Crippen LogP contribution in [-0.2, 0) is 20.3 Å². The Kier molecular flexibility index (Phi) is 6.96. The summed E-state index contributed by atoms with van der Waals surface area (Å²) in [6.07, 6.45) is 7.22. The van der Waals surface area contributed by atoms with Gasteiger partial charge in [-0.3, -0.25) is 23.9 Å². The number of carbonyl (C=O) groups is 3. The molecule has 12 heteroatoms. The molecule has 0 unspecified atom stereocenters. The minimum atomic E-state index is -4.21. The molecule has 0 radical (unpaired) electrons. The van der Waals surface area contributed by atoms with Crippen LogP contribution in [0.3, 0.4) is 0 Å². The number of rotatable bonds is 6. The van der Waals surface area contributed by atoms with Crippen LogP contribution in [0.5, 0.6) is 0 Å². The van der Waals surface area contributed by atoms with Crippen molar-refractivity contribution >= 4 is 46.7 Å². The first kappa shape index (κ1) is 27.7. The molecule has 5 heterocycles. The zero-order valence-corrected chi connectivity index (χ0v) is 24.7. The predicted octanol–water partition coefficient (Wildman–Crippen LogP) is 3.49. The molecule has 42 heavy (non-hydrogen) atoms. The van der Waals surface area contributed by atoms with Gasteiger partial charge in [-0.15, -0.1) is 11.3 Å². The highest BCUT2D eigenvalue weighted by atomic mass is 32.1. The number of benzene rings is 1. The van der Waals surface area contributed by atoms with E-state index >= 15 is 0 Å². The Morgan fingerprint density at radius 2 is 1.88 bits per heavy atom. The van der Waals surface area contributed by atoms with Crippen LogP contribution in [0.15, 0.2) is 48.8 Å². The molecular weight excluding hydrogens is 575 g/mol. The number of nitrogens with one attached hydrogen (secondary N) is 1. The minimum Gasteiger partial charge on any atom is -0.340 e. The van der Waals surface area contributed by atoms with Crippen molar-refractivity contribution < 1.29 is 28.7 Å². The van der Waals surface area contributed by atoms with Gasteiger partial charge in [-0.25, -0.2) is 0 Å². The van der Waals surface area contributed by atoms with Crippen molar-refractivity contribution in [3.05, 3.63) is 64.8 Å². The number of aromatic nitrogens is 1. The second kappa shape index (κ2) is 10.6. The Balaban J connectivity index is 1.07. The van der Waals surface area contributed by atoms with Gasteiger partial charge in [-0.2, -0.15) is 0 Å². The maximum atomic E-state index is 14.1. The Morgan fingerprint density at radius 1 is 1.07 bits per heavy atom. The van der Waals surface area contributed by atoms with Gasteiger partial charge in [-0.05, 0) is 84.7 Å². The van der Waals surface area contributed by atoms with E-state index in [1.165, 1.54) is 11.3 Å². The highest BCUT2D eigenvalue weighted by Crippen LogP contribution is 2.49. The molecule has 1 saturated carbocycles. The molecule has 3 aromatic rings. The third kappa shape index (κ3) is 5.39. The maximum absolute atomic E-state index is 14.1. The van der Waals surface area contributed by atoms with Gasteiger partial charge in [0.1, 0.15) is 12.1 Å². The molecule has 220 valence electrons. The second-order valence-corrected chi connectivity index (χ2v) is 15.0. The summed E-state index contributed by atoms with van der Waals surface area (Å²) in [5, 5.41) is 3.73. The van der Waals surface area contributed by atoms with Gasteiger partial charge in [0.05, 0.1) is 11.0 Å². The average Bonchev–Trinajstić information content (AvgIpc) is 3.28. The van der Waals surface area contributed by atoms with E-state index in [-0.39, 0.29) is 35.8 Å². The van der Waals surface area contributed by atoms with Crippen LogP contribution in [0.4, 0.5) is 0 Å². The molecule has 3 saturated heterocycles. The molecule has 3 aliphatic heterocycles.